The van der Waals surface area contributed by atoms with Crippen LogP contribution in [-0.4, -0.2) is 37.6 Å². The normalized spacial score (nSPS) is 11.0. The van der Waals surface area contributed by atoms with Crippen LogP contribution in [0.5, 0.6) is 11.5 Å². The summed E-state index contributed by atoms with van der Waals surface area (Å²) >= 11 is 0. The predicted octanol–water partition coefficient (Wildman–Crippen LogP) is 2.16. The Hall–Kier alpha value is -3.29. The topological polar surface area (TPSA) is 111 Å². The third kappa shape index (κ3) is 5.66. The summed E-state index contributed by atoms with van der Waals surface area (Å²) in [5, 5.41) is 5.66. The Morgan fingerprint density at radius 2 is 1.92 bits per heavy atom. The van der Waals surface area contributed by atoms with E-state index in [0.29, 0.717) is 23.0 Å². The Labute approximate surface area is 152 Å². The lowest BCUT2D eigenvalue weighted by Gasteiger charge is -2.11. The van der Waals surface area contributed by atoms with Gasteiger partial charge in [-0.3, -0.25) is 9.79 Å². The average Bonchev–Trinajstić information content (AvgIpc) is 2.63. The molecule has 0 saturated carbocycles. The number of amides is 1. The first kappa shape index (κ1) is 19.0. The number of nitrogens with two attached hydrogens (primary N) is 1. The molecule has 0 fully saturated rings. The molecule has 0 aliphatic carbocycles. The summed E-state index contributed by atoms with van der Waals surface area (Å²) in [5.41, 5.74) is 7.58. The van der Waals surface area contributed by atoms with E-state index in [9.17, 15) is 4.79 Å². The highest BCUT2D eigenvalue weighted by Crippen LogP contribution is 2.29. The van der Waals surface area contributed by atoms with Crippen LogP contribution in [0.2, 0.25) is 0 Å². The lowest BCUT2D eigenvalue weighted by Crippen LogP contribution is -2.23. The van der Waals surface area contributed by atoms with Gasteiger partial charge in [0.05, 0.1) is 20.8 Å². The van der Waals surface area contributed by atoms with E-state index in [1.165, 1.54) is 0 Å². The highest BCUT2D eigenvalue weighted by molar-refractivity contribution is 5.93. The van der Waals surface area contributed by atoms with Crippen molar-refractivity contribution >= 4 is 23.4 Å². The molecule has 138 valence electrons. The van der Waals surface area contributed by atoms with E-state index in [0.717, 1.165) is 5.56 Å². The summed E-state index contributed by atoms with van der Waals surface area (Å²) in [4.78, 5) is 20.1. The first-order chi connectivity index (χ1) is 12.5. The van der Waals surface area contributed by atoms with Gasteiger partial charge in [0.25, 0.3) is 0 Å². The number of rotatable bonds is 7. The average molecular weight is 357 g/mol. The Morgan fingerprint density at radius 3 is 2.58 bits per heavy atom. The maximum Gasteiger partial charge on any atom is 0.227 e. The van der Waals surface area contributed by atoms with Crippen molar-refractivity contribution < 1.29 is 14.3 Å². The number of nitrogens with zero attached hydrogens (tertiary/aromatic N) is 2. The molecule has 0 bridgehead atoms. The first-order valence-electron chi connectivity index (χ1n) is 8.03. The largest absolute Gasteiger partial charge is 0.493 e. The van der Waals surface area contributed by atoms with Crippen molar-refractivity contribution in [2.24, 2.45) is 10.7 Å². The number of hydrogen-bond donors (Lipinski definition) is 3. The third-order valence-corrected chi connectivity index (χ3v) is 3.46. The molecule has 1 aromatic heterocycles. The molecule has 0 aliphatic rings. The zero-order chi connectivity index (χ0) is 18.9. The molecule has 1 aromatic carbocycles. The second-order valence-electron chi connectivity index (χ2n) is 5.48. The number of aliphatic imine (C=N–C) groups is 1. The smallest absolute Gasteiger partial charge is 0.227 e. The molecular formula is C18H23N5O3. The van der Waals surface area contributed by atoms with Gasteiger partial charge in [-0.05, 0) is 30.7 Å². The summed E-state index contributed by atoms with van der Waals surface area (Å²) in [6, 6.07) is 8.93. The van der Waals surface area contributed by atoms with Crippen molar-refractivity contribution in [2.75, 3.05) is 31.4 Å². The number of nitrogens with one attached hydrogen (secondary N) is 2. The second-order valence-corrected chi connectivity index (χ2v) is 5.48. The maximum atomic E-state index is 11.9. The van der Waals surface area contributed by atoms with E-state index in [1.54, 1.807) is 44.7 Å². The van der Waals surface area contributed by atoms with Crippen molar-refractivity contribution in [1.82, 2.24) is 4.98 Å². The van der Waals surface area contributed by atoms with Gasteiger partial charge in [-0.25, -0.2) is 4.98 Å². The van der Waals surface area contributed by atoms with Gasteiger partial charge < -0.3 is 25.8 Å². The summed E-state index contributed by atoms with van der Waals surface area (Å²) in [6.45, 7) is 2.19. The zero-order valence-electron chi connectivity index (χ0n) is 15.1. The fourth-order valence-corrected chi connectivity index (χ4v) is 2.13. The summed E-state index contributed by atoms with van der Waals surface area (Å²) in [7, 11) is 3.12. The molecule has 8 nitrogen and oxygen atoms in total. The SMILES string of the molecule is COc1ccc(NC(N)=NCCC(=O)Nc2ccc(C)cn2)cc1OC. The van der Waals surface area contributed by atoms with Gasteiger partial charge >= 0.3 is 0 Å². The Bertz CT molecular complexity index is 775. The van der Waals surface area contributed by atoms with Crippen LogP contribution >= 0.6 is 0 Å². The molecule has 0 saturated heterocycles. The summed E-state index contributed by atoms with van der Waals surface area (Å²) < 4.78 is 10.4. The van der Waals surface area contributed by atoms with Crippen molar-refractivity contribution in [2.45, 2.75) is 13.3 Å². The molecule has 0 unspecified atom stereocenters. The minimum absolute atomic E-state index is 0.177. The Balaban J connectivity index is 1.84. The molecule has 0 atom stereocenters. The highest BCUT2D eigenvalue weighted by Gasteiger charge is 2.06. The van der Waals surface area contributed by atoms with E-state index < -0.39 is 0 Å². The lowest BCUT2D eigenvalue weighted by molar-refractivity contribution is -0.116. The van der Waals surface area contributed by atoms with Crippen molar-refractivity contribution in [3.05, 3.63) is 42.1 Å². The molecule has 0 aliphatic heterocycles. The number of methoxy groups -OCH3 is 2. The van der Waals surface area contributed by atoms with Gasteiger partial charge in [-0.2, -0.15) is 0 Å². The molecule has 0 spiro atoms. The van der Waals surface area contributed by atoms with E-state index in [4.69, 9.17) is 15.2 Å². The monoisotopic (exact) mass is 357 g/mol. The number of benzene rings is 1. The van der Waals surface area contributed by atoms with Crippen molar-refractivity contribution in [3.8, 4) is 11.5 Å². The van der Waals surface area contributed by atoms with Gasteiger partial charge in [0.15, 0.2) is 17.5 Å². The number of guanidine groups is 1. The summed E-state index contributed by atoms with van der Waals surface area (Å²) in [5.74, 6) is 1.74. The molecule has 8 heteroatoms. The van der Waals surface area contributed by atoms with Crippen LogP contribution in [0.1, 0.15) is 12.0 Å². The number of ether oxygens (including phenoxy) is 2. The highest BCUT2D eigenvalue weighted by atomic mass is 16.5. The van der Waals surface area contributed by atoms with E-state index in [1.807, 2.05) is 13.0 Å². The second kappa shape index (κ2) is 9.26. The van der Waals surface area contributed by atoms with Gasteiger partial charge in [0.1, 0.15) is 5.82 Å². The van der Waals surface area contributed by atoms with Crippen LogP contribution in [-0.2, 0) is 4.79 Å². The molecule has 0 radical (unpaired) electrons. The van der Waals surface area contributed by atoms with Crippen molar-refractivity contribution in [1.29, 1.82) is 0 Å². The number of carbonyl (C=O) groups excluding carboxylic acids is 1. The number of hydrogen-bond acceptors (Lipinski definition) is 5. The molecule has 26 heavy (non-hydrogen) atoms. The van der Waals surface area contributed by atoms with Crippen molar-refractivity contribution in [3.63, 3.8) is 0 Å². The number of aryl methyl sites for hydroxylation is 1. The van der Waals surface area contributed by atoms with Crippen LogP contribution in [0.4, 0.5) is 11.5 Å². The van der Waals surface area contributed by atoms with Gasteiger partial charge in [-0.15, -0.1) is 0 Å². The van der Waals surface area contributed by atoms with E-state index in [-0.39, 0.29) is 24.8 Å². The minimum atomic E-state index is -0.177. The number of aromatic nitrogens is 1. The first-order valence-corrected chi connectivity index (χ1v) is 8.03. The van der Waals surface area contributed by atoms with Crippen LogP contribution < -0.4 is 25.8 Å². The van der Waals surface area contributed by atoms with Crippen LogP contribution in [0, 0.1) is 6.92 Å². The number of pyridine rings is 1. The summed E-state index contributed by atoms with van der Waals surface area (Å²) in [6.07, 6.45) is 1.89. The molecule has 4 N–H and O–H groups in total. The fourth-order valence-electron chi connectivity index (χ4n) is 2.13. The van der Waals surface area contributed by atoms with Crippen LogP contribution in [0.15, 0.2) is 41.5 Å². The third-order valence-electron chi connectivity index (χ3n) is 3.46. The van der Waals surface area contributed by atoms with Gasteiger partial charge in [0.2, 0.25) is 5.91 Å². The van der Waals surface area contributed by atoms with E-state index in [2.05, 4.69) is 20.6 Å². The molecular weight excluding hydrogens is 334 g/mol. The molecule has 2 rings (SSSR count). The predicted molar refractivity (Wildman–Crippen MR) is 102 cm³/mol. The van der Waals surface area contributed by atoms with Gasteiger partial charge in [-0.1, -0.05) is 6.07 Å². The zero-order valence-corrected chi connectivity index (χ0v) is 15.1. The quantitative estimate of drug-likeness (QED) is 0.517. The lowest BCUT2D eigenvalue weighted by atomic mass is 10.3. The maximum absolute atomic E-state index is 11.9. The fraction of sp³-hybridized carbons (Fsp3) is 0.278. The minimum Gasteiger partial charge on any atom is -0.493 e. The van der Waals surface area contributed by atoms with Gasteiger partial charge in [0, 0.05) is 24.4 Å². The Kier molecular flexibility index (Phi) is 6.78. The molecule has 2 aromatic rings. The number of anilines is 2. The van der Waals surface area contributed by atoms with E-state index >= 15 is 0 Å². The molecule has 1 heterocycles. The van der Waals surface area contributed by atoms with Crippen LogP contribution in [0.3, 0.4) is 0 Å². The number of carbonyl (C=O) groups is 1. The standard InChI is InChI=1S/C18H23N5O3/c1-12-4-7-16(21-11-12)23-17(24)8-9-20-18(19)22-13-5-6-14(25-2)15(10-13)26-3/h4-7,10-11H,8-9H2,1-3H3,(H3,19,20,22)(H,21,23,24). The Morgan fingerprint density at radius 1 is 1.15 bits per heavy atom. The van der Waals surface area contributed by atoms with Crippen LogP contribution in [0.25, 0.3) is 0 Å². The molecule has 1 amide bonds.